The van der Waals surface area contributed by atoms with Gasteiger partial charge in [0.15, 0.2) is 0 Å². The fraction of sp³-hybridized carbons (Fsp3) is 0.417. The number of carbonyl (C=O) groups is 1. The summed E-state index contributed by atoms with van der Waals surface area (Å²) >= 11 is 0. The first-order valence-electron chi connectivity index (χ1n) is 5.43. The van der Waals surface area contributed by atoms with Gasteiger partial charge in [0.25, 0.3) is 0 Å². The van der Waals surface area contributed by atoms with E-state index in [0.29, 0.717) is 12.2 Å². The van der Waals surface area contributed by atoms with E-state index in [4.69, 9.17) is 5.73 Å². The number of phenolic OH excluding ortho intramolecular Hbond substituents is 1. The average molecular weight is 218 g/mol. The Hall–Kier alpha value is -1.55. The molecule has 1 aromatic rings. The number of aromatic hydroxyl groups is 1. The fourth-order valence-corrected chi connectivity index (χ4v) is 2.97. The van der Waals surface area contributed by atoms with Crippen LogP contribution in [-0.2, 0) is 10.2 Å². The molecule has 1 aromatic carbocycles. The van der Waals surface area contributed by atoms with Crippen LogP contribution in [0.3, 0.4) is 0 Å². The van der Waals surface area contributed by atoms with Crippen molar-refractivity contribution in [1.82, 2.24) is 0 Å². The summed E-state index contributed by atoms with van der Waals surface area (Å²) in [5.41, 5.74) is 6.82. The van der Waals surface area contributed by atoms with Crippen LogP contribution in [0.25, 0.3) is 0 Å². The number of hydrogen-bond acceptors (Lipinski definition) is 3. The van der Waals surface area contributed by atoms with Gasteiger partial charge in [0.1, 0.15) is 5.75 Å². The summed E-state index contributed by atoms with van der Waals surface area (Å²) in [5, 5.41) is 9.81. The smallest absolute Gasteiger partial charge is 0.237 e. The fourth-order valence-electron chi connectivity index (χ4n) is 2.97. The van der Waals surface area contributed by atoms with Crippen molar-refractivity contribution in [2.75, 3.05) is 18.5 Å². The number of nitrogens with two attached hydrogens (primary N) is 1. The minimum absolute atomic E-state index is 0.0689. The van der Waals surface area contributed by atoms with Gasteiger partial charge in [-0.1, -0.05) is 12.1 Å². The van der Waals surface area contributed by atoms with E-state index in [2.05, 4.69) is 0 Å². The molecule has 2 atom stereocenters. The van der Waals surface area contributed by atoms with E-state index in [1.54, 1.807) is 24.1 Å². The first-order valence-corrected chi connectivity index (χ1v) is 5.43. The lowest BCUT2D eigenvalue weighted by Gasteiger charge is -2.11. The topological polar surface area (TPSA) is 66.6 Å². The minimum atomic E-state index is -0.433. The van der Waals surface area contributed by atoms with Crippen molar-refractivity contribution < 1.29 is 9.90 Å². The van der Waals surface area contributed by atoms with Crippen LogP contribution >= 0.6 is 0 Å². The summed E-state index contributed by atoms with van der Waals surface area (Å²) in [6.07, 6.45) is 0.809. The molecular weight excluding hydrogens is 204 g/mol. The maximum absolute atomic E-state index is 12.2. The van der Waals surface area contributed by atoms with E-state index >= 15 is 0 Å². The molecule has 4 nitrogen and oxygen atoms in total. The second kappa shape index (κ2) is 2.77. The highest BCUT2D eigenvalue weighted by Gasteiger charge is 2.65. The monoisotopic (exact) mass is 218 g/mol. The molecule has 1 aliphatic carbocycles. The molecule has 1 saturated carbocycles. The molecule has 1 aliphatic heterocycles. The third-order valence-electron chi connectivity index (χ3n) is 3.91. The molecule has 0 radical (unpaired) electrons. The number of likely N-dealkylation sites (N-methyl/N-ethyl adjacent to an activating group) is 1. The molecule has 1 spiro atoms. The molecule has 2 unspecified atom stereocenters. The molecular formula is C12H14N2O2. The van der Waals surface area contributed by atoms with Gasteiger partial charge in [-0.15, -0.1) is 0 Å². The Morgan fingerprint density at radius 2 is 2.38 bits per heavy atom. The van der Waals surface area contributed by atoms with Crippen molar-refractivity contribution in [3.8, 4) is 5.75 Å². The van der Waals surface area contributed by atoms with Gasteiger partial charge in [-0.25, -0.2) is 0 Å². The van der Waals surface area contributed by atoms with Gasteiger partial charge in [0.2, 0.25) is 5.91 Å². The van der Waals surface area contributed by atoms with Gasteiger partial charge in [-0.3, -0.25) is 4.79 Å². The predicted molar refractivity (Wildman–Crippen MR) is 60.4 cm³/mol. The van der Waals surface area contributed by atoms with Gasteiger partial charge in [0, 0.05) is 7.05 Å². The third-order valence-corrected chi connectivity index (χ3v) is 3.91. The molecule has 0 saturated heterocycles. The molecule has 2 aliphatic rings. The van der Waals surface area contributed by atoms with Gasteiger partial charge in [-0.05, 0) is 30.5 Å². The maximum atomic E-state index is 12.2. The Bertz CT molecular complexity index is 486. The highest BCUT2D eigenvalue weighted by molar-refractivity contribution is 6.11. The second-order valence-electron chi connectivity index (χ2n) is 4.65. The number of anilines is 1. The van der Waals surface area contributed by atoms with Crippen molar-refractivity contribution in [1.29, 1.82) is 0 Å². The Kier molecular flexibility index (Phi) is 1.67. The molecule has 0 bridgehead atoms. The number of hydrogen-bond donors (Lipinski definition) is 2. The number of amides is 1. The predicted octanol–water partition coefficient (Wildman–Crippen LogP) is 0.585. The standard InChI is InChI=1S/C12H14N2O2/c1-14-10-8(3-2-4-9(10)15)12(11(14)16)5-7(12)6-13/h2-4,7,15H,5-6,13H2,1H3. The zero-order chi connectivity index (χ0) is 11.5. The molecule has 1 amide bonds. The van der Waals surface area contributed by atoms with Crippen molar-refractivity contribution in [2.24, 2.45) is 11.7 Å². The molecule has 16 heavy (non-hydrogen) atoms. The van der Waals surface area contributed by atoms with Crippen LogP contribution in [0.2, 0.25) is 0 Å². The Balaban J connectivity index is 2.21. The Morgan fingerprint density at radius 3 is 3.00 bits per heavy atom. The lowest BCUT2D eigenvalue weighted by molar-refractivity contribution is -0.120. The van der Waals surface area contributed by atoms with Crippen LogP contribution < -0.4 is 10.6 Å². The summed E-state index contributed by atoms with van der Waals surface area (Å²) in [5.74, 6) is 0.470. The summed E-state index contributed by atoms with van der Waals surface area (Å²) in [6, 6.07) is 5.32. The number of phenols is 1. The zero-order valence-electron chi connectivity index (χ0n) is 9.10. The van der Waals surface area contributed by atoms with Crippen LogP contribution in [0.1, 0.15) is 12.0 Å². The number of fused-ring (bicyclic) bond motifs is 2. The van der Waals surface area contributed by atoms with E-state index in [9.17, 15) is 9.90 Å². The second-order valence-corrected chi connectivity index (χ2v) is 4.65. The highest BCUT2D eigenvalue weighted by atomic mass is 16.3. The summed E-state index contributed by atoms with van der Waals surface area (Å²) in [7, 11) is 1.71. The quantitative estimate of drug-likeness (QED) is 0.724. The van der Waals surface area contributed by atoms with Gasteiger partial charge >= 0.3 is 0 Å². The van der Waals surface area contributed by atoms with Gasteiger partial charge < -0.3 is 15.7 Å². The minimum Gasteiger partial charge on any atom is -0.506 e. The Morgan fingerprint density at radius 1 is 1.62 bits per heavy atom. The van der Waals surface area contributed by atoms with Gasteiger partial charge in [-0.2, -0.15) is 0 Å². The largest absolute Gasteiger partial charge is 0.506 e. The summed E-state index contributed by atoms with van der Waals surface area (Å²) in [4.78, 5) is 13.8. The number of carbonyl (C=O) groups excluding carboxylic acids is 1. The van der Waals surface area contributed by atoms with Crippen LogP contribution in [-0.4, -0.2) is 24.6 Å². The van der Waals surface area contributed by atoms with E-state index in [1.807, 2.05) is 6.07 Å². The number of nitrogens with zero attached hydrogens (tertiary/aromatic N) is 1. The highest BCUT2D eigenvalue weighted by Crippen LogP contribution is 2.62. The summed E-state index contributed by atoms with van der Waals surface area (Å²) < 4.78 is 0. The van der Waals surface area contributed by atoms with Crippen LogP contribution in [0.15, 0.2) is 18.2 Å². The first-order chi connectivity index (χ1) is 7.63. The molecule has 1 fully saturated rings. The Labute approximate surface area is 93.7 Å². The molecule has 84 valence electrons. The van der Waals surface area contributed by atoms with E-state index in [0.717, 1.165) is 12.0 Å². The summed E-state index contributed by atoms with van der Waals surface area (Å²) in [6.45, 7) is 0.522. The lowest BCUT2D eigenvalue weighted by Crippen LogP contribution is -2.30. The van der Waals surface area contributed by atoms with Crippen molar-refractivity contribution in [2.45, 2.75) is 11.8 Å². The van der Waals surface area contributed by atoms with Gasteiger partial charge in [0.05, 0.1) is 11.1 Å². The van der Waals surface area contributed by atoms with Crippen molar-refractivity contribution >= 4 is 11.6 Å². The van der Waals surface area contributed by atoms with E-state index in [-0.39, 0.29) is 17.6 Å². The van der Waals surface area contributed by atoms with E-state index in [1.165, 1.54) is 0 Å². The first kappa shape index (κ1) is 9.66. The normalized spacial score (nSPS) is 31.0. The van der Waals surface area contributed by atoms with Crippen LogP contribution in [0, 0.1) is 5.92 Å². The molecule has 3 N–H and O–H groups in total. The van der Waals surface area contributed by atoms with Crippen LogP contribution in [0.5, 0.6) is 5.75 Å². The molecule has 4 heteroatoms. The van der Waals surface area contributed by atoms with E-state index < -0.39 is 5.41 Å². The number of benzene rings is 1. The number of rotatable bonds is 1. The van der Waals surface area contributed by atoms with Crippen molar-refractivity contribution in [3.63, 3.8) is 0 Å². The third kappa shape index (κ3) is 0.865. The lowest BCUT2D eigenvalue weighted by atomic mass is 9.94. The van der Waals surface area contributed by atoms with Crippen LogP contribution in [0.4, 0.5) is 5.69 Å². The molecule has 1 heterocycles. The zero-order valence-corrected chi connectivity index (χ0v) is 9.10. The van der Waals surface area contributed by atoms with Crippen molar-refractivity contribution in [3.05, 3.63) is 23.8 Å². The molecule has 3 rings (SSSR count). The average Bonchev–Trinajstić information content (AvgIpc) is 2.97. The number of para-hydroxylation sites is 1. The molecule has 0 aromatic heterocycles. The maximum Gasteiger partial charge on any atom is 0.237 e. The SMILES string of the molecule is CN1C(=O)C2(CC2CN)c2cccc(O)c21.